The monoisotopic (exact) mass is 242 g/mol. The summed E-state index contributed by atoms with van der Waals surface area (Å²) in [5.41, 5.74) is 6.66. The normalized spacial score (nSPS) is 25.2. The summed E-state index contributed by atoms with van der Waals surface area (Å²) < 4.78 is 5.44. The first-order valence-corrected chi connectivity index (χ1v) is 7.14. The van der Waals surface area contributed by atoms with Crippen molar-refractivity contribution in [3.63, 3.8) is 0 Å². The van der Waals surface area contributed by atoms with Crippen LogP contribution in [0.15, 0.2) is 0 Å². The van der Waals surface area contributed by atoms with E-state index in [-0.39, 0.29) is 11.6 Å². The predicted molar refractivity (Wildman–Crippen MR) is 73.1 cm³/mol. The third kappa shape index (κ3) is 3.43. The highest BCUT2D eigenvalue weighted by Crippen LogP contribution is 2.29. The molecule has 0 aromatic heterocycles. The zero-order chi connectivity index (χ0) is 12.9. The van der Waals surface area contributed by atoms with Crippen LogP contribution in [-0.2, 0) is 4.74 Å². The van der Waals surface area contributed by atoms with Crippen molar-refractivity contribution in [3.8, 4) is 0 Å². The summed E-state index contributed by atoms with van der Waals surface area (Å²) in [6.45, 7) is 12.9. The smallest absolute Gasteiger partial charge is 0.0594 e. The lowest BCUT2D eigenvalue weighted by Gasteiger charge is -2.48. The topological polar surface area (TPSA) is 38.5 Å². The van der Waals surface area contributed by atoms with Crippen molar-refractivity contribution in [3.05, 3.63) is 0 Å². The number of nitrogens with zero attached hydrogens (tertiary/aromatic N) is 1. The highest BCUT2D eigenvalue weighted by atomic mass is 16.5. The Labute approximate surface area is 107 Å². The second kappa shape index (κ2) is 6.72. The lowest BCUT2D eigenvalue weighted by atomic mass is 9.79. The highest BCUT2D eigenvalue weighted by molar-refractivity contribution is 4.97. The molecule has 3 atom stereocenters. The number of morpholine rings is 1. The molecular formula is C14H30N2O. The number of hydrogen-bond acceptors (Lipinski definition) is 3. The van der Waals surface area contributed by atoms with Crippen LogP contribution in [0.1, 0.15) is 47.0 Å². The van der Waals surface area contributed by atoms with Crippen LogP contribution in [0, 0.1) is 5.92 Å². The summed E-state index contributed by atoms with van der Waals surface area (Å²) in [7, 11) is 0. The van der Waals surface area contributed by atoms with Crippen molar-refractivity contribution in [1.29, 1.82) is 0 Å². The molecule has 0 saturated carbocycles. The molecule has 0 bridgehead atoms. The van der Waals surface area contributed by atoms with E-state index in [2.05, 4.69) is 32.6 Å². The fourth-order valence-corrected chi connectivity index (χ4v) is 2.99. The SMILES string of the molecule is CCCC(C)C(N)C(C)(CC)N1CCOCC1. The molecule has 0 aliphatic carbocycles. The van der Waals surface area contributed by atoms with E-state index in [1.807, 2.05) is 0 Å². The molecule has 0 radical (unpaired) electrons. The van der Waals surface area contributed by atoms with Gasteiger partial charge in [-0.05, 0) is 25.7 Å². The number of hydrogen-bond donors (Lipinski definition) is 1. The van der Waals surface area contributed by atoms with Crippen LogP contribution in [0.5, 0.6) is 0 Å². The van der Waals surface area contributed by atoms with Crippen LogP contribution in [0.25, 0.3) is 0 Å². The molecule has 0 spiro atoms. The number of nitrogens with two attached hydrogens (primary N) is 1. The highest BCUT2D eigenvalue weighted by Gasteiger charge is 2.38. The van der Waals surface area contributed by atoms with Gasteiger partial charge in [0.15, 0.2) is 0 Å². The van der Waals surface area contributed by atoms with E-state index in [0.29, 0.717) is 5.92 Å². The van der Waals surface area contributed by atoms with Crippen LogP contribution in [0.2, 0.25) is 0 Å². The molecule has 3 unspecified atom stereocenters. The molecule has 1 rings (SSSR count). The van der Waals surface area contributed by atoms with Gasteiger partial charge in [0.05, 0.1) is 13.2 Å². The van der Waals surface area contributed by atoms with E-state index in [1.54, 1.807) is 0 Å². The molecule has 17 heavy (non-hydrogen) atoms. The molecule has 3 heteroatoms. The van der Waals surface area contributed by atoms with E-state index >= 15 is 0 Å². The molecule has 1 heterocycles. The van der Waals surface area contributed by atoms with E-state index in [4.69, 9.17) is 10.5 Å². The summed E-state index contributed by atoms with van der Waals surface area (Å²) in [5, 5.41) is 0. The third-order valence-corrected chi connectivity index (χ3v) is 4.52. The summed E-state index contributed by atoms with van der Waals surface area (Å²) in [6, 6.07) is 0.255. The first-order valence-electron chi connectivity index (χ1n) is 7.14. The van der Waals surface area contributed by atoms with Gasteiger partial charge in [-0.3, -0.25) is 4.90 Å². The summed E-state index contributed by atoms with van der Waals surface area (Å²) >= 11 is 0. The molecule has 1 aliphatic heterocycles. The number of ether oxygens (including phenoxy) is 1. The van der Waals surface area contributed by atoms with E-state index in [9.17, 15) is 0 Å². The molecule has 1 fully saturated rings. The summed E-state index contributed by atoms with van der Waals surface area (Å²) in [6.07, 6.45) is 3.56. The van der Waals surface area contributed by atoms with Gasteiger partial charge in [-0.2, -0.15) is 0 Å². The van der Waals surface area contributed by atoms with E-state index in [1.165, 1.54) is 12.8 Å². The fourth-order valence-electron chi connectivity index (χ4n) is 2.99. The van der Waals surface area contributed by atoms with E-state index in [0.717, 1.165) is 32.7 Å². The first-order chi connectivity index (χ1) is 8.06. The molecule has 102 valence electrons. The average molecular weight is 242 g/mol. The van der Waals surface area contributed by atoms with Gasteiger partial charge < -0.3 is 10.5 Å². The van der Waals surface area contributed by atoms with Crippen molar-refractivity contribution in [2.75, 3.05) is 26.3 Å². The minimum Gasteiger partial charge on any atom is -0.379 e. The second-order valence-electron chi connectivity index (χ2n) is 5.60. The molecular weight excluding hydrogens is 212 g/mol. The van der Waals surface area contributed by atoms with Crippen molar-refractivity contribution in [1.82, 2.24) is 4.90 Å². The zero-order valence-corrected chi connectivity index (χ0v) is 12.0. The Balaban J connectivity index is 2.70. The maximum absolute atomic E-state index is 6.54. The molecule has 0 amide bonds. The van der Waals surface area contributed by atoms with Gasteiger partial charge in [0.25, 0.3) is 0 Å². The number of rotatable bonds is 6. The van der Waals surface area contributed by atoms with Gasteiger partial charge in [0.2, 0.25) is 0 Å². The van der Waals surface area contributed by atoms with Crippen molar-refractivity contribution < 1.29 is 4.74 Å². The van der Waals surface area contributed by atoms with Gasteiger partial charge in [-0.25, -0.2) is 0 Å². The molecule has 1 saturated heterocycles. The van der Waals surface area contributed by atoms with E-state index < -0.39 is 0 Å². The Morgan fingerprint density at radius 2 is 1.88 bits per heavy atom. The molecule has 0 aromatic carbocycles. The van der Waals surface area contributed by atoms with Crippen LogP contribution in [-0.4, -0.2) is 42.8 Å². The predicted octanol–water partition coefficient (Wildman–Crippen LogP) is 2.25. The lowest BCUT2D eigenvalue weighted by molar-refractivity contribution is -0.0342. The summed E-state index contributed by atoms with van der Waals surface area (Å²) in [4.78, 5) is 2.54. The molecule has 3 nitrogen and oxygen atoms in total. The van der Waals surface area contributed by atoms with Crippen molar-refractivity contribution >= 4 is 0 Å². The van der Waals surface area contributed by atoms with Crippen LogP contribution in [0.4, 0.5) is 0 Å². The molecule has 1 aliphatic rings. The minimum atomic E-state index is 0.123. The second-order valence-corrected chi connectivity index (χ2v) is 5.60. The average Bonchev–Trinajstić information content (AvgIpc) is 2.38. The van der Waals surface area contributed by atoms with Crippen LogP contribution in [0.3, 0.4) is 0 Å². The first kappa shape index (κ1) is 14.9. The Hall–Kier alpha value is -0.120. The van der Waals surface area contributed by atoms with Crippen molar-refractivity contribution in [2.24, 2.45) is 11.7 Å². The minimum absolute atomic E-state index is 0.123. The maximum Gasteiger partial charge on any atom is 0.0594 e. The quantitative estimate of drug-likeness (QED) is 0.776. The standard InChI is InChI=1S/C14H30N2O/c1-5-7-12(3)13(15)14(4,6-2)16-8-10-17-11-9-16/h12-13H,5-11,15H2,1-4H3. The van der Waals surface area contributed by atoms with Crippen molar-refractivity contribution in [2.45, 2.75) is 58.5 Å². The zero-order valence-electron chi connectivity index (χ0n) is 12.0. The fraction of sp³-hybridized carbons (Fsp3) is 1.00. The largest absolute Gasteiger partial charge is 0.379 e. The Kier molecular flexibility index (Phi) is 5.90. The Bertz CT molecular complexity index is 216. The van der Waals surface area contributed by atoms with Crippen LogP contribution >= 0.6 is 0 Å². The lowest BCUT2D eigenvalue weighted by Crippen LogP contribution is -2.62. The van der Waals surface area contributed by atoms with Gasteiger partial charge in [0.1, 0.15) is 0 Å². The summed E-state index contributed by atoms with van der Waals surface area (Å²) in [5.74, 6) is 0.591. The van der Waals surface area contributed by atoms with Gasteiger partial charge in [-0.15, -0.1) is 0 Å². The van der Waals surface area contributed by atoms with Gasteiger partial charge in [-0.1, -0.05) is 27.2 Å². The Morgan fingerprint density at radius 3 is 2.35 bits per heavy atom. The van der Waals surface area contributed by atoms with Crippen LogP contribution < -0.4 is 5.73 Å². The Morgan fingerprint density at radius 1 is 1.29 bits per heavy atom. The maximum atomic E-state index is 6.54. The third-order valence-electron chi connectivity index (χ3n) is 4.52. The molecule has 2 N–H and O–H groups in total. The molecule has 0 aromatic rings. The van der Waals surface area contributed by atoms with Gasteiger partial charge >= 0.3 is 0 Å². The van der Waals surface area contributed by atoms with Gasteiger partial charge in [0, 0.05) is 24.7 Å².